The maximum atomic E-state index is 11.8. The first-order valence-corrected chi connectivity index (χ1v) is 4.89. The van der Waals surface area contributed by atoms with Gasteiger partial charge in [0, 0.05) is 6.20 Å². The molecule has 1 rings (SSSR count). The second-order valence-corrected chi connectivity index (χ2v) is 3.23. The lowest BCUT2D eigenvalue weighted by molar-refractivity contribution is -0.143. The first-order valence-electron chi connectivity index (χ1n) is 4.52. The quantitative estimate of drug-likeness (QED) is 0.357. The Bertz CT molecular complexity index is 416. The molecule has 86 valence electrons. The van der Waals surface area contributed by atoms with Crippen molar-refractivity contribution >= 4 is 23.4 Å². The Morgan fingerprint density at radius 3 is 2.81 bits per heavy atom. The Morgan fingerprint density at radius 1 is 1.69 bits per heavy atom. The Balaban J connectivity index is 2.90. The van der Waals surface area contributed by atoms with Gasteiger partial charge in [0.25, 0.3) is 0 Å². The number of rotatable bonds is 5. The number of nitrogens with one attached hydrogen (secondary N) is 2. The minimum atomic E-state index is -1.48. The van der Waals surface area contributed by atoms with Crippen LogP contribution in [-0.2, 0) is 9.53 Å². The highest BCUT2D eigenvalue weighted by Crippen LogP contribution is 2.16. The van der Waals surface area contributed by atoms with Gasteiger partial charge in [-0.3, -0.25) is 4.79 Å². The van der Waals surface area contributed by atoms with Crippen molar-refractivity contribution in [3.8, 4) is 0 Å². The van der Waals surface area contributed by atoms with E-state index >= 15 is 0 Å². The molecule has 0 bridgehead atoms. The molecule has 0 saturated carbocycles. The van der Waals surface area contributed by atoms with E-state index in [9.17, 15) is 9.59 Å². The van der Waals surface area contributed by atoms with E-state index in [2.05, 4.69) is 14.8 Å². The number of carbonyl (C=O) groups excluding carboxylic acids is 2. The van der Waals surface area contributed by atoms with Crippen molar-refractivity contribution in [2.24, 2.45) is 5.11 Å². The topological polar surface area (TPSA) is 95.4 Å². The molecule has 16 heavy (non-hydrogen) atoms. The van der Waals surface area contributed by atoms with Gasteiger partial charge in [-0.05, 0) is 13.0 Å². The van der Waals surface area contributed by atoms with Crippen molar-refractivity contribution in [3.05, 3.63) is 23.0 Å². The Morgan fingerprint density at radius 2 is 2.38 bits per heavy atom. The molecule has 0 aliphatic rings. The van der Waals surface area contributed by atoms with Crippen LogP contribution >= 0.6 is 11.6 Å². The van der Waals surface area contributed by atoms with Gasteiger partial charge < -0.3 is 9.72 Å². The molecule has 0 fully saturated rings. The number of ketones is 1. The van der Waals surface area contributed by atoms with Crippen LogP contribution in [0, 0.1) is 5.53 Å². The zero-order valence-electron chi connectivity index (χ0n) is 8.49. The molecule has 2 N–H and O–H groups in total. The molecule has 0 aromatic carbocycles. The molecule has 0 aliphatic heterocycles. The third-order valence-corrected chi connectivity index (χ3v) is 2.16. The molecule has 0 spiro atoms. The summed E-state index contributed by atoms with van der Waals surface area (Å²) in [4.78, 5) is 25.7. The highest BCUT2D eigenvalue weighted by Gasteiger charge is 2.30. The van der Waals surface area contributed by atoms with E-state index in [1.54, 1.807) is 6.92 Å². The molecular formula is C9H10ClN3O3. The smallest absolute Gasteiger partial charge is 0.340 e. The lowest BCUT2D eigenvalue weighted by atomic mass is 10.1. The number of H-pyrrole nitrogens is 1. The van der Waals surface area contributed by atoms with Gasteiger partial charge in [0.2, 0.25) is 11.8 Å². The van der Waals surface area contributed by atoms with Crippen molar-refractivity contribution in [3.63, 3.8) is 0 Å². The van der Waals surface area contributed by atoms with E-state index in [0.717, 1.165) is 0 Å². The molecule has 0 amide bonds. The Kier molecular flexibility index (Phi) is 4.19. The maximum Gasteiger partial charge on any atom is 0.340 e. The lowest BCUT2D eigenvalue weighted by Crippen LogP contribution is -2.30. The number of aromatic amines is 1. The van der Waals surface area contributed by atoms with Crippen LogP contribution in [-0.4, -0.2) is 29.4 Å². The Hall–Kier alpha value is -1.69. The van der Waals surface area contributed by atoms with Crippen LogP contribution in [0.2, 0.25) is 5.15 Å². The fraction of sp³-hybridized carbons (Fsp3) is 0.333. The highest BCUT2D eigenvalue weighted by atomic mass is 35.5. The number of nitrogens with zero attached hydrogens (tertiary/aromatic N) is 1. The van der Waals surface area contributed by atoms with Crippen LogP contribution in [0.25, 0.3) is 0 Å². The summed E-state index contributed by atoms with van der Waals surface area (Å²) in [5, 5.41) is 3.07. The molecule has 7 heteroatoms. The Labute approximate surface area is 96.4 Å². The molecule has 1 heterocycles. The molecule has 0 aliphatic carbocycles. The van der Waals surface area contributed by atoms with E-state index in [0.29, 0.717) is 0 Å². The summed E-state index contributed by atoms with van der Waals surface area (Å²) in [6.45, 7) is 1.73. The summed E-state index contributed by atoms with van der Waals surface area (Å²) in [5.74, 6) is -1.50. The largest absolute Gasteiger partial charge is 0.464 e. The number of hydrogen-bond donors (Lipinski definition) is 2. The molecule has 1 aromatic rings. The van der Waals surface area contributed by atoms with Crippen LogP contribution < -0.4 is 0 Å². The number of ether oxygens (including phenoxy) is 1. The van der Waals surface area contributed by atoms with E-state index < -0.39 is 17.8 Å². The predicted octanol–water partition coefficient (Wildman–Crippen LogP) is 1.81. The van der Waals surface area contributed by atoms with Crippen LogP contribution in [0.15, 0.2) is 17.4 Å². The third-order valence-electron chi connectivity index (χ3n) is 1.85. The summed E-state index contributed by atoms with van der Waals surface area (Å²) in [6, 6.07) is -0.0597. The van der Waals surface area contributed by atoms with E-state index in [1.165, 1.54) is 12.3 Å². The van der Waals surface area contributed by atoms with Crippen molar-refractivity contribution in [2.45, 2.75) is 13.0 Å². The third kappa shape index (κ3) is 2.46. The average Bonchev–Trinajstić information content (AvgIpc) is 2.65. The minimum absolute atomic E-state index is 0.114. The first kappa shape index (κ1) is 12.4. The summed E-state index contributed by atoms with van der Waals surface area (Å²) in [7, 11) is 0. The van der Waals surface area contributed by atoms with Crippen LogP contribution in [0.5, 0.6) is 0 Å². The lowest BCUT2D eigenvalue weighted by Gasteiger charge is -2.07. The van der Waals surface area contributed by atoms with Gasteiger partial charge in [-0.2, -0.15) is 5.11 Å². The van der Waals surface area contributed by atoms with Crippen LogP contribution in [0.3, 0.4) is 0 Å². The number of Topliss-reactive ketones (excluding diaryl/α,β-unsaturated/α-hetero) is 1. The van der Waals surface area contributed by atoms with Gasteiger partial charge >= 0.3 is 5.97 Å². The van der Waals surface area contributed by atoms with Gasteiger partial charge in [0.15, 0.2) is 0 Å². The number of halogens is 1. The monoisotopic (exact) mass is 243 g/mol. The number of esters is 1. The van der Waals surface area contributed by atoms with Crippen molar-refractivity contribution in [1.29, 1.82) is 5.53 Å². The zero-order valence-corrected chi connectivity index (χ0v) is 9.25. The molecule has 1 atom stereocenters. The van der Waals surface area contributed by atoms with Gasteiger partial charge in [-0.25, -0.2) is 10.3 Å². The molecule has 0 saturated heterocycles. The molecular weight excluding hydrogens is 234 g/mol. The second-order valence-electron chi connectivity index (χ2n) is 2.85. The second kappa shape index (κ2) is 5.41. The van der Waals surface area contributed by atoms with Crippen molar-refractivity contribution in [1.82, 2.24) is 4.98 Å². The SMILES string of the molecule is CCOC(=O)C(N=N)C(=O)c1cc[nH]c1Cl. The van der Waals surface area contributed by atoms with E-state index in [4.69, 9.17) is 17.1 Å². The number of hydrogen-bond acceptors (Lipinski definition) is 5. The van der Waals surface area contributed by atoms with E-state index in [-0.39, 0.29) is 17.3 Å². The minimum Gasteiger partial charge on any atom is -0.464 e. The number of aromatic nitrogens is 1. The fourth-order valence-electron chi connectivity index (χ4n) is 1.13. The maximum absolute atomic E-state index is 11.8. The van der Waals surface area contributed by atoms with Crippen LogP contribution in [0.4, 0.5) is 0 Å². The fourth-order valence-corrected chi connectivity index (χ4v) is 1.35. The van der Waals surface area contributed by atoms with Crippen molar-refractivity contribution < 1.29 is 14.3 Å². The molecule has 6 nitrogen and oxygen atoms in total. The normalized spacial score (nSPS) is 11.9. The standard InChI is InChI=1S/C9H10ClN3O3/c1-2-16-9(15)6(13-11)7(14)5-3-4-12-8(5)10/h3-4,6,11-12H,2H2,1H3. The van der Waals surface area contributed by atoms with E-state index in [1.807, 2.05) is 0 Å². The average molecular weight is 244 g/mol. The summed E-state index contributed by atoms with van der Waals surface area (Å²) in [6.07, 6.45) is 1.46. The number of carbonyl (C=O) groups is 2. The van der Waals surface area contributed by atoms with Gasteiger partial charge in [0.05, 0.1) is 12.2 Å². The van der Waals surface area contributed by atoms with Crippen molar-refractivity contribution in [2.75, 3.05) is 6.61 Å². The zero-order chi connectivity index (χ0) is 12.1. The summed E-state index contributed by atoms with van der Waals surface area (Å²) >= 11 is 5.69. The highest BCUT2D eigenvalue weighted by molar-refractivity contribution is 6.33. The van der Waals surface area contributed by atoms with Gasteiger partial charge in [0.1, 0.15) is 5.15 Å². The summed E-state index contributed by atoms with van der Waals surface area (Å²) in [5.41, 5.74) is 6.94. The first-order chi connectivity index (χ1) is 7.61. The predicted molar refractivity (Wildman–Crippen MR) is 55.7 cm³/mol. The molecule has 1 unspecified atom stereocenters. The van der Waals surface area contributed by atoms with Crippen LogP contribution in [0.1, 0.15) is 17.3 Å². The molecule has 1 aromatic heterocycles. The summed E-state index contributed by atoms with van der Waals surface area (Å²) < 4.78 is 4.63. The van der Waals surface area contributed by atoms with Gasteiger partial charge in [-0.1, -0.05) is 11.6 Å². The van der Waals surface area contributed by atoms with Gasteiger partial charge in [-0.15, -0.1) is 0 Å². The molecule has 0 radical (unpaired) electrons.